The molecule has 0 N–H and O–H groups in total. The van der Waals surface area contributed by atoms with Gasteiger partial charge >= 0.3 is 0 Å². The van der Waals surface area contributed by atoms with E-state index in [2.05, 4.69) is 153 Å². The number of carbonyl (C=O) groups excluding carboxylic acids is 1. The molecular formula is C52H92O4Si3. The number of fused-ring (bicyclic) bond motifs is 1. The number of allylic oxidation sites excluding steroid dienone is 5. The minimum absolute atomic E-state index is 0.000407. The van der Waals surface area contributed by atoms with Crippen LogP contribution >= 0.6 is 0 Å². The highest BCUT2D eigenvalue weighted by molar-refractivity contribution is 6.75. The molecular weight excluding hydrogens is 773 g/mol. The van der Waals surface area contributed by atoms with E-state index in [1.807, 2.05) is 6.08 Å². The van der Waals surface area contributed by atoms with Crippen LogP contribution in [0.4, 0.5) is 0 Å². The Morgan fingerprint density at radius 2 is 1.44 bits per heavy atom. The Bertz CT molecular complexity index is 1600. The van der Waals surface area contributed by atoms with Gasteiger partial charge in [0.2, 0.25) is 0 Å². The Hall–Kier alpha value is -1.10. The van der Waals surface area contributed by atoms with Gasteiger partial charge in [-0.1, -0.05) is 132 Å². The summed E-state index contributed by atoms with van der Waals surface area (Å²) in [4.78, 5) is 12.8. The maximum absolute atomic E-state index is 12.8. The number of ketones is 1. The fourth-order valence-corrected chi connectivity index (χ4v) is 13.5. The van der Waals surface area contributed by atoms with E-state index in [0.717, 1.165) is 38.5 Å². The predicted molar refractivity (Wildman–Crippen MR) is 263 cm³/mol. The Morgan fingerprint density at radius 1 is 0.847 bits per heavy atom. The molecule has 4 nitrogen and oxygen atoms in total. The first kappa shape index (κ1) is 50.5. The summed E-state index contributed by atoms with van der Waals surface area (Å²) in [5.74, 6) is 1.95. The summed E-state index contributed by atoms with van der Waals surface area (Å²) in [5.41, 5.74) is 4.36. The first-order valence-electron chi connectivity index (χ1n) is 23.9. The quantitative estimate of drug-likeness (QED) is 0.0881. The summed E-state index contributed by atoms with van der Waals surface area (Å²) in [7, 11) is -6.04. The van der Waals surface area contributed by atoms with Gasteiger partial charge in [-0.15, -0.1) is 0 Å². The molecule has 7 heteroatoms. The normalized spacial score (nSPS) is 29.8. The third-order valence-electron chi connectivity index (χ3n) is 17.0. The summed E-state index contributed by atoms with van der Waals surface area (Å²) in [6, 6.07) is 0. The van der Waals surface area contributed by atoms with Gasteiger partial charge in [-0.2, -0.15) is 0 Å². The van der Waals surface area contributed by atoms with Crippen LogP contribution in [0.15, 0.2) is 59.8 Å². The van der Waals surface area contributed by atoms with Gasteiger partial charge in [0, 0.05) is 18.3 Å². The van der Waals surface area contributed by atoms with E-state index in [1.54, 1.807) is 5.57 Å². The third-order valence-corrected chi connectivity index (χ3v) is 30.5. The minimum atomic E-state index is -2.05. The summed E-state index contributed by atoms with van der Waals surface area (Å²) >= 11 is 0. The lowest BCUT2D eigenvalue weighted by molar-refractivity contribution is -0.114. The standard InChI is InChI=1S/C52H92O4Si3/c1-20-21-24-42(53)31-33-52(34-35-52)47(56-59(18,19)50(10,11)12)30-25-38(2)44-28-29-45-40(23-22-32-51(44,45)13)26-27-41-36-43(54-57(14,15)48(4,5)6)37-46(39(41)3)55-58(16,17)49(7,8)9/h25-27,30-31,33,38,43-47H,3,20-24,28-29,32,34-37H2,1-2,4-19H3/t38-,43-,44-,45+,46+,47-,51-/m1/s1. The SMILES string of the molecule is C=C1C(=CC=C2CCC[C@]3(C)[C@@H]([C@H](C)C=C[C@@H](O[Si](C)(C)C(C)(C)C)C4(C=CC(=O)CCCC)CC4)CC[C@@H]23)C[C@@H](O[Si](C)(C)C(C)(C)C)C[C@@H]1O[Si](C)(C)C(C)(C)C. The lowest BCUT2D eigenvalue weighted by Crippen LogP contribution is -2.49. The van der Waals surface area contributed by atoms with E-state index < -0.39 is 25.0 Å². The zero-order valence-electron chi connectivity index (χ0n) is 41.8. The molecule has 0 spiro atoms. The van der Waals surface area contributed by atoms with Gasteiger partial charge in [-0.3, -0.25) is 4.79 Å². The molecule has 4 aliphatic carbocycles. The molecule has 0 amide bonds. The fraction of sp³-hybridized carbons (Fsp3) is 0.788. The van der Waals surface area contributed by atoms with Gasteiger partial charge in [0.25, 0.3) is 0 Å². The second-order valence-electron chi connectivity index (χ2n) is 24.5. The number of unbranched alkanes of at least 4 members (excludes halogenated alkanes) is 1. The summed E-state index contributed by atoms with van der Waals surface area (Å²) in [5, 5.41) is 0.410. The summed E-state index contributed by atoms with van der Waals surface area (Å²) < 4.78 is 21.6. The van der Waals surface area contributed by atoms with Crippen LogP contribution in [0, 0.1) is 28.6 Å². The third kappa shape index (κ3) is 11.9. The van der Waals surface area contributed by atoms with Crippen molar-refractivity contribution in [1.82, 2.24) is 0 Å². The molecule has 0 aromatic heterocycles. The number of carbonyl (C=O) groups is 1. The van der Waals surface area contributed by atoms with Crippen LogP contribution in [0.25, 0.3) is 0 Å². The highest BCUT2D eigenvalue weighted by Gasteiger charge is 2.53. The molecule has 0 aliphatic heterocycles. The van der Waals surface area contributed by atoms with Crippen molar-refractivity contribution in [2.24, 2.45) is 28.6 Å². The molecule has 4 saturated carbocycles. The Labute approximate surface area is 368 Å². The Balaban J connectivity index is 1.60. The maximum atomic E-state index is 12.8. The van der Waals surface area contributed by atoms with Crippen LogP contribution in [0.1, 0.15) is 160 Å². The van der Waals surface area contributed by atoms with E-state index in [9.17, 15) is 4.79 Å². The molecule has 0 heterocycles. The molecule has 4 rings (SSSR count). The monoisotopic (exact) mass is 865 g/mol. The van der Waals surface area contributed by atoms with Crippen molar-refractivity contribution in [2.75, 3.05) is 0 Å². The van der Waals surface area contributed by atoms with Crippen molar-refractivity contribution in [2.45, 2.75) is 233 Å². The molecule has 0 radical (unpaired) electrons. The molecule has 0 bridgehead atoms. The van der Waals surface area contributed by atoms with E-state index in [-0.39, 0.29) is 50.0 Å². The van der Waals surface area contributed by atoms with Crippen molar-refractivity contribution >= 4 is 30.7 Å². The maximum Gasteiger partial charge on any atom is 0.192 e. The van der Waals surface area contributed by atoms with Crippen molar-refractivity contribution in [3.05, 3.63) is 59.8 Å². The van der Waals surface area contributed by atoms with Crippen LogP contribution in [0.5, 0.6) is 0 Å². The largest absolute Gasteiger partial charge is 0.413 e. The van der Waals surface area contributed by atoms with Crippen molar-refractivity contribution in [3.63, 3.8) is 0 Å². The molecule has 59 heavy (non-hydrogen) atoms. The second-order valence-corrected chi connectivity index (χ2v) is 38.8. The lowest BCUT2D eigenvalue weighted by atomic mass is 9.61. The Kier molecular flexibility index (Phi) is 15.9. The van der Waals surface area contributed by atoms with Crippen molar-refractivity contribution < 1.29 is 18.1 Å². The highest BCUT2D eigenvalue weighted by Crippen LogP contribution is 2.60. The van der Waals surface area contributed by atoms with E-state index >= 15 is 0 Å². The number of hydrogen-bond donors (Lipinski definition) is 0. The fourth-order valence-electron chi connectivity index (χ4n) is 9.54. The van der Waals surface area contributed by atoms with E-state index in [0.29, 0.717) is 24.2 Å². The molecule has 336 valence electrons. The van der Waals surface area contributed by atoms with Crippen molar-refractivity contribution in [3.8, 4) is 0 Å². The smallest absolute Gasteiger partial charge is 0.192 e. The van der Waals surface area contributed by atoms with Gasteiger partial charge in [0.1, 0.15) is 0 Å². The number of rotatable bonds is 16. The first-order valence-corrected chi connectivity index (χ1v) is 32.6. The first-order chi connectivity index (χ1) is 26.9. The topological polar surface area (TPSA) is 44.8 Å². The molecule has 0 saturated heterocycles. The molecule has 0 unspecified atom stereocenters. The molecule has 4 fully saturated rings. The zero-order valence-corrected chi connectivity index (χ0v) is 44.8. The van der Waals surface area contributed by atoms with Crippen LogP contribution < -0.4 is 0 Å². The predicted octanol–water partition coefficient (Wildman–Crippen LogP) is 15.9. The molecule has 0 aromatic rings. The van der Waals surface area contributed by atoms with Gasteiger partial charge in [-0.25, -0.2) is 0 Å². The highest BCUT2D eigenvalue weighted by atomic mass is 28.4. The number of hydrogen-bond acceptors (Lipinski definition) is 4. The minimum Gasteiger partial charge on any atom is -0.413 e. The van der Waals surface area contributed by atoms with Crippen LogP contribution in [-0.4, -0.2) is 49.0 Å². The van der Waals surface area contributed by atoms with Crippen LogP contribution in [-0.2, 0) is 18.1 Å². The van der Waals surface area contributed by atoms with E-state index in [1.165, 1.54) is 43.3 Å². The van der Waals surface area contributed by atoms with Gasteiger partial charge in [0.05, 0.1) is 18.3 Å². The van der Waals surface area contributed by atoms with Gasteiger partial charge in [-0.05, 0) is 153 Å². The lowest BCUT2D eigenvalue weighted by Gasteiger charge is -2.45. The average molecular weight is 866 g/mol. The molecule has 4 aliphatic rings. The van der Waals surface area contributed by atoms with Crippen LogP contribution in [0.3, 0.4) is 0 Å². The molecule has 7 atom stereocenters. The van der Waals surface area contributed by atoms with Gasteiger partial charge < -0.3 is 13.3 Å². The van der Waals surface area contributed by atoms with E-state index in [4.69, 9.17) is 19.9 Å². The average Bonchev–Trinajstić information content (AvgIpc) is 3.80. The second kappa shape index (κ2) is 18.6. The molecule has 0 aromatic carbocycles. The van der Waals surface area contributed by atoms with Gasteiger partial charge in [0.15, 0.2) is 30.7 Å². The summed E-state index contributed by atoms with van der Waals surface area (Å²) in [6.07, 6.45) is 27.2. The zero-order chi connectivity index (χ0) is 44.6. The summed E-state index contributed by atoms with van der Waals surface area (Å²) in [6.45, 7) is 47.3. The van der Waals surface area contributed by atoms with Crippen molar-refractivity contribution in [1.29, 1.82) is 0 Å². The van der Waals surface area contributed by atoms with Crippen LogP contribution in [0.2, 0.25) is 54.4 Å². The Morgan fingerprint density at radius 3 is 2.00 bits per heavy atom.